The molecule has 2 heterocycles. The standard InChI is InChI=1S/C21H28F2N2O2/c1-14-12-17(22)19(23)18(13-14)24-9-6-21(7-10-24)8-11-25(20(21)27)15-2-4-16(26)5-3-15/h12-13,15-16,26H,2-11H2,1H3. The van der Waals surface area contributed by atoms with Gasteiger partial charge in [0, 0.05) is 25.7 Å². The van der Waals surface area contributed by atoms with E-state index in [0.29, 0.717) is 37.2 Å². The van der Waals surface area contributed by atoms with Crippen LogP contribution in [-0.4, -0.2) is 47.7 Å². The normalized spacial score (nSPS) is 28.2. The molecule has 1 spiro atoms. The smallest absolute Gasteiger partial charge is 0.229 e. The topological polar surface area (TPSA) is 43.8 Å². The fourth-order valence-electron chi connectivity index (χ4n) is 5.14. The fraction of sp³-hybridized carbons (Fsp3) is 0.667. The molecule has 3 aliphatic rings. The van der Waals surface area contributed by atoms with Crippen molar-refractivity contribution >= 4 is 11.6 Å². The predicted octanol–water partition coefficient (Wildman–Crippen LogP) is 3.40. The van der Waals surface area contributed by atoms with E-state index in [4.69, 9.17) is 0 Å². The summed E-state index contributed by atoms with van der Waals surface area (Å²) >= 11 is 0. The van der Waals surface area contributed by atoms with E-state index in [1.54, 1.807) is 13.0 Å². The number of carbonyl (C=O) groups excluding carboxylic acids is 1. The number of hydrogen-bond donors (Lipinski definition) is 1. The lowest BCUT2D eigenvalue weighted by Crippen LogP contribution is -2.47. The molecular formula is C21H28F2N2O2. The number of amides is 1. The molecule has 0 aromatic heterocycles. The molecule has 0 atom stereocenters. The third kappa shape index (κ3) is 3.33. The molecule has 1 aromatic carbocycles. The van der Waals surface area contributed by atoms with Gasteiger partial charge in [-0.3, -0.25) is 4.79 Å². The van der Waals surface area contributed by atoms with Gasteiger partial charge in [0.2, 0.25) is 5.91 Å². The highest BCUT2D eigenvalue weighted by atomic mass is 19.2. The molecule has 1 aliphatic carbocycles. The number of nitrogens with zero attached hydrogens (tertiary/aromatic N) is 2. The first-order valence-electron chi connectivity index (χ1n) is 10.1. The van der Waals surface area contributed by atoms with E-state index >= 15 is 0 Å². The molecule has 2 saturated heterocycles. The van der Waals surface area contributed by atoms with Crippen molar-refractivity contribution in [2.45, 2.75) is 64.0 Å². The zero-order valence-corrected chi connectivity index (χ0v) is 15.9. The fourth-order valence-corrected chi connectivity index (χ4v) is 5.14. The van der Waals surface area contributed by atoms with Crippen LogP contribution in [0.1, 0.15) is 50.5 Å². The number of aryl methyl sites for hydroxylation is 1. The molecule has 6 heteroatoms. The minimum atomic E-state index is -0.812. The maximum atomic E-state index is 14.2. The lowest BCUT2D eigenvalue weighted by atomic mass is 9.77. The lowest BCUT2D eigenvalue weighted by molar-refractivity contribution is -0.139. The summed E-state index contributed by atoms with van der Waals surface area (Å²) in [6, 6.07) is 3.15. The van der Waals surface area contributed by atoms with E-state index in [1.165, 1.54) is 6.07 Å². The lowest BCUT2D eigenvalue weighted by Gasteiger charge is -2.40. The second-order valence-corrected chi connectivity index (χ2v) is 8.56. The minimum absolute atomic E-state index is 0.222. The number of benzene rings is 1. The molecule has 27 heavy (non-hydrogen) atoms. The number of aliphatic hydroxyl groups is 1. The zero-order chi connectivity index (χ0) is 19.2. The molecule has 1 saturated carbocycles. The van der Waals surface area contributed by atoms with Crippen LogP contribution in [0.15, 0.2) is 12.1 Å². The summed E-state index contributed by atoms with van der Waals surface area (Å²) in [5.74, 6) is -1.37. The average molecular weight is 378 g/mol. The SMILES string of the molecule is Cc1cc(F)c(F)c(N2CCC3(CC2)CCN(C2CCC(O)CC2)C3=O)c1. The van der Waals surface area contributed by atoms with E-state index in [1.807, 2.05) is 9.80 Å². The first-order valence-corrected chi connectivity index (χ1v) is 10.1. The van der Waals surface area contributed by atoms with Gasteiger partial charge in [-0.05, 0) is 69.6 Å². The van der Waals surface area contributed by atoms with E-state index in [-0.39, 0.29) is 23.5 Å². The third-order valence-electron chi connectivity index (χ3n) is 6.87. The predicted molar refractivity (Wildman–Crippen MR) is 99.6 cm³/mol. The first kappa shape index (κ1) is 18.7. The van der Waals surface area contributed by atoms with Gasteiger partial charge in [0.15, 0.2) is 11.6 Å². The molecule has 148 valence electrons. The van der Waals surface area contributed by atoms with Gasteiger partial charge >= 0.3 is 0 Å². The molecule has 1 aromatic rings. The number of carbonyl (C=O) groups is 1. The highest BCUT2D eigenvalue weighted by Gasteiger charge is 2.50. The molecular weight excluding hydrogens is 350 g/mol. The summed E-state index contributed by atoms with van der Waals surface area (Å²) < 4.78 is 28.0. The van der Waals surface area contributed by atoms with Crippen LogP contribution < -0.4 is 4.90 Å². The Morgan fingerprint density at radius 3 is 2.33 bits per heavy atom. The second-order valence-electron chi connectivity index (χ2n) is 8.56. The molecule has 2 aliphatic heterocycles. The first-order chi connectivity index (χ1) is 12.9. The van der Waals surface area contributed by atoms with Crippen molar-refractivity contribution in [1.29, 1.82) is 0 Å². The highest BCUT2D eigenvalue weighted by Crippen LogP contribution is 2.44. The number of piperidine rings is 1. The van der Waals surface area contributed by atoms with Gasteiger partial charge in [0.05, 0.1) is 17.2 Å². The Bertz CT molecular complexity index is 723. The van der Waals surface area contributed by atoms with Gasteiger partial charge in [-0.2, -0.15) is 0 Å². The summed E-state index contributed by atoms with van der Waals surface area (Å²) in [6.07, 6.45) is 5.30. The van der Waals surface area contributed by atoms with Crippen molar-refractivity contribution in [3.05, 3.63) is 29.3 Å². The Morgan fingerprint density at radius 1 is 1.04 bits per heavy atom. The number of anilines is 1. The molecule has 0 bridgehead atoms. The second kappa shape index (κ2) is 7.04. The Hall–Kier alpha value is -1.69. The van der Waals surface area contributed by atoms with Crippen molar-refractivity contribution in [2.24, 2.45) is 5.41 Å². The van der Waals surface area contributed by atoms with E-state index in [2.05, 4.69) is 0 Å². The Balaban J connectivity index is 1.44. The number of likely N-dealkylation sites (tertiary alicyclic amines) is 1. The molecule has 4 nitrogen and oxygen atoms in total. The van der Waals surface area contributed by atoms with Crippen LogP contribution in [0.3, 0.4) is 0 Å². The number of rotatable bonds is 2. The average Bonchev–Trinajstić information content (AvgIpc) is 2.96. The number of halogens is 2. The van der Waals surface area contributed by atoms with Crippen LogP contribution in [0.25, 0.3) is 0 Å². The zero-order valence-electron chi connectivity index (χ0n) is 15.9. The summed E-state index contributed by atoms with van der Waals surface area (Å²) in [5.41, 5.74) is 0.670. The number of hydrogen-bond acceptors (Lipinski definition) is 3. The van der Waals surface area contributed by atoms with Gasteiger partial charge in [-0.15, -0.1) is 0 Å². The van der Waals surface area contributed by atoms with Crippen LogP contribution in [0.5, 0.6) is 0 Å². The maximum absolute atomic E-state index is 14.2. The molecule has 4 rings (SSSR count). The highest BCUT2D eigenvalue weighted by molar-refractivity contribution is 5.85. The van der Waals surface area contributed by atoms with Crippen molar-refractivity contribution in [3.63, 3.8) is 0 Å². The summed E-state index contributed by atoms with van der Waals surface area (Å²) in [5, 5.41) is 9.71. The molecule has 1 N–H and O–H groups in total. The monoisotopic (exact) mass is 378 g/mol. The van der Waals surface area contributed by atoms with Crippen molar-refractivity contribution in [2.75, 3.05) is 24.5 Å². The van der Waals surface area contributed by atoms with E-state index in [9.17, 15) is 18.7 Å². The van der Waals surface area contributed by atoms with Crippen molar-refractivity contribution in [1.82, 2.24) is 4.90 Å². The molecule has 0 unspecified atom stereocenters. The Kier molecular flexibility index (Phi) is 4.87. The van der Waals surface area contributed by atoms with Crippen LogP contribution in [0.4, 0.5) is 14.5 Å². The largest absolute Gasteiger partial charge is 0.393 e. The molecule has 0 radical (unpaired) electrons. The van der Waals surface area contributed by atoms with Gasteiger partial charge in [-0.1, -0.05) is 0 Å². The van der Waals surface area contributed by atoms with Crippen molar-refractivity contribution < 1.29 is 18.7 Å². The summed E-state index contributed by atoms with van der Waals surface area (Å²) in [6.45, 7) is 3.69. The summed E-state index contributed by atoms with van der Waals surface area (Å²) in [7, 11) is 0. The molecule has 3 fully saturated rings. The Morgan fingerprint density at radius 2 is 1.67 bits per heavy atom. The van der Waals surface area contributed by atoms with Gasteiger partial charge in [0.25, 0.3) is 0 Å². The van der Waals surface area contributed by atoms with Gasteiger partial charge in [-0.25, -0.2) is 8.78 Å². The quantitative estimate of drug-likeness (QED) is 0.858. The Labute approximate surface area is 159 Å². The van der Waals surface area contributed by atoms with Crippen LogP contribution in [0.2, 0.25) is 0 Å². The minimum Gasteiger partial charge on any atom is -0.393 e. The van der Waals surface area contributed by atoms with Crippen molar-refractivity contribution in [3.8, 4) is 0 Å². The maximum Gasteiger partial charge on any atom is 0.229 e. The van der Waals surface area contributed by atoms with E-state index in [0.717, 1.165) is 38.6 Å². The molecule has 1 amide bonds. The van der Waals surface area contributed by atoms with Crippen LogP contribution >= 0.6 is 0 Å². The van der Waals surface area contributed by atoms with E-state index < -0.39 is 11.6 Å². The van der Waals surface area contributed by atoms with Gasteiger partial charge < -0.3 is 14.9 Å². The van der Waals surface area contributed by atoms with Crippen LogP contribution in [-0.2, 0) is 4.79 Å². The number of aliphatic hydroxyl groups excluding tert-OH is 1. The van der Waals surface area contributed by atoms with Gasteiger partial charge in [0.1, 0.15) is 0 Å². The third-order valence-corrected chi connectivity index (χ3v) is 6.87. The summed E-state index contributed by atoms with van der Waals surface area (Å²) in [4.78, 5) is 17.1. The van der Waals surface area contributed by atoms with Crippen LogP contribution in [0, 0.1) is 24.0 Å².